The SMILES string of the molecule is CCCNC(C)c1ccc(N(C)C2CCS(=O)(=O)C2)cn1. The summed E-state index contributed by atoms with van der Waals surface area (Å²) in [6.07, 6.45) is 3.64. The molecule has 2 rings (SSSR count). The van der Waals surface area contributed by atoms with Crippen LogP contribution in [0.25, 0.3) is 0 Å². The lowest BCUT2D eigenvalue weighted by molar-refractivity contribution is 0.558. The molecule has 1 N–H and O–H groups in total. The Balaban J connectivity index is 2.01. The highest BCUT2D eigenvalue weighted by Crippen LogP contribution is 2.23. The average molecular weight is 311 g/mol. The lowest BCUT2D eigenvalue weighted by atomic mass is 10.2. The molecule has 1 saturated heterocycles. The molecule has 6 heteroatoms. The second-order valence-electron chi connectivity index (χ2n) is 5.78. The molecular formula is C15H25N3O2S. The minimum atomic E-state index is -2.85. The number of nitrogens with one attached hydrogen (secondary N) is 1. The van der Waals surface area contributed by atoms with E-state index in [2.05, 4.69) is 24.1 Å². The van der Waals surface area contributed by atoms with Crippen LogP contribution in [0, 0.1) is 0 Å². The molecule has 1 aromatic rings. The van der Waals surface area contributed by atoms with Crippen molar-refractivity contribution in [2.75, 3.05) is 30.0 Å². The standard InChI is InChI=1S/C15H25N3O2S/c1-4-8-16-12(2)15-6-5-13(10-17-15)18(3)14-7-9-21(19,20)11-14/h5-6,10,12,14,16H,4,7-9,11H2,1-3H3. The van der Waals surface area contributed by atoms with E-state index in [0.717, 1.165) is 24.3 Å². The van der Waals surface area contributed by atoms with Crippen LogP contribution >= 0.6 is 0 Å². The van der Waals surface area contributed by atoms with Crippen LogP contribution in [0.1, 0.15) is 38.4 Å². The van der Waals surface area contributed by atoms with E-state index in [9.17, 15) is 8.42 Å². The van der Waals surface area contributed by atoms with Crippen LogP contribution in [0.4, 0.5) is 5.69 Å². The number of pyridine rings is 1. The Labute approximate surface area is 127 Å². The molecule has 1 fully saturated rings. The molecule has 2 unspecified atom stereocenters. The minimum Gasteiger partial charge on any atom is -0.369 e. The first-order valence-electron chi connectivity index (χ1n) is 7.55. The van der Waals surface area contributed by atoms with Crippen molar-refractivity contribution < 1.29 is 8.42 Å². The lowest BCUT2D eigenvalue weighted by Crippen LogP contribution is -2.32. The highest BCUT2D eigenvalue weighted by atomic mass is 32.2. The number of sulfone groups is 1. The summed E-state index contributed by atoms with van der Waals surface area (Å²) in [6, 6.07) is 4.34. The van der Waals surface area contributed by atoms with E-state index >= 15 is 0 Å². The topological polar surface area (TPSA) is 62.3 Å². The average Bonchev–Trinajstić information content (AvgIpc) is 2.84. The summed E-state index contributed by atoms with van der Waals surface area (Å²) >= 11 is 0. The second-order valence-corrected chi connectivity index (χ2v) is 8.01. The van der Waals surface area contributed by atoms with Crippen molar-refractivity contribution in [3.05, 3.63) is 24.0 Å². The van der Waals surface area contributed by atoms with Crippen molar-refractivity contribution >= 4 is 15.5 Å². The Hall–Kier alpha value is -1.14. The first kappa shape index (κ1) is 16.2. The van der Waals surface area contributed by atoms with Crippen LogP contribution in [0.5, 0.6) is 0 Å². The highest BCUT2D eigenvalue weighted by Gasteiger charge is 2.30. The van der Waals surface area contributed by atoms with E-state index in [1.165, 1.54) is 0 Å². The molecule has 1 aromatic heterocycles. The van der Waals surface area contributed by atoms with E-state index in [1.807, 2.05) is 30.3 Å². The largest absolute Gasteiger partial charge is 0.369 e. The van der Waals surface area contributed by atoms with Crippen molar-refractivity contribution in [1.29, 1.82) is 0 Å². The molecule has 118 valence electrons. The van der Waals surface area contributed by atoms with Gasteiger partial charge in [0.2, 0.25) is 0 Å². The van der Waals surface area contributed by atoms with Crippen LogP contribution in [0.2, 0.25) is 0 Å². The van der Waals surface area contributed by atoms with Crippen molar-refractivity contribution in [1.82, 2.24) is 10.3 Å². The molecule has 0 amide bonds. The van der Waals surface area contributed by atoms with Crippen LogP contribution < -0.4 is 10.2 Å². The Morgan fingerprint density at radius 2 is 2.24 bits per heavy atom. The minimum absolute atomic E-state index is 0.0679. The molecule has 0 radical (unpaired) electrons. The normalized spacial score (nSPS) is 22.1. The predicted octanol–water partition coefficient (Wildman–Crippen LogP) is 1.77. The van der Waals surface area contributed by atoms with Gasteiger partial charge in [-0.3, -0.25) is 4.98 Å². The Bertz CT molecular complexity index is 557. The molecular weight excluding hydrogens is 286 g/mol. The summed E-state index contributed by atoms with van der Waals surface area (Å²) in [6.45, 7) is 5.22. The van der Waals surface area contributed by atoms with Gasteiger partial charge in [0.05, 0.1) is 29.1 Å². The van der Waals surface area contributed by atoms with Gasteiger partial charge in [-0.15, -0.1) is 0 Å². The molecule has 1 aliphatic heterocycles. The van der Waals surface area contributed by atoms with E-state index in [0.29, 0.717) is 12.2 Å². The zero-order valence-electron chi connectivity index (χ0n) is 13.0. The lowest BCUT2D eigenvalue weighted by Gasteiger charge is -2.25. The third kappa shape index (κ3) is 4.17. The number of hydrogen-bond acceptors (Lipinski definition) is 5. The fourth-order valence-electron chi connectivity index (χ4n) is 2.62. The molecule has 1 aliphatic rings. The van der Waals surface area contributed by atoms with Crippen LogP contribution in [0.3, 0.4) is 0 Å². The van der Waals surface area contributed by atoms with Gasteiger partial charge in [-0.1, -0.05) is 6.92 Å². The van der Waals surface area contributed by atoms with Gasteiger partial charge < -0.3 is 10.2 Å². The van der Waals surface area contributed by atoms with Crippen LogP contribution in [0.15, 0.2) is 18.3 Å². The molecule has 0 saturated carbocycles. The molecule has 21 heavy (non-hydrogen) atoms. The van der Waals surface area contributed by atoms with Crippen molar-refractivity contribution in [3.8, 4) is 0 Å². The van der Waals surface area contributed by atoms with Gasteiger partial charge in [0.1, 0.15) is 0 Å². The number of anilines is 1. The Morgan fingerprint density at radius 3 is 2.76 bits per heavy atom. The van der Waals surface area contributed by atoms with E-state index in [1.54, 1.807) is 0 Å². The summed E-state index contributed by atoms with van der Waals surface area (Å²) in [5.74, 6) is 0.547. The van der Waals surface area contributed by atoms with Gasteiger partial charge in [-0.2, -0.15) is 0 Å². The van der Waals surface area contributed by atoms with E-state index in [-0.39, 0.29) is 17.8 Å². The number of hydrogen-bond donors (Lipinski definition) is 1. The molecule has 5 nitrogen and oxygen atoms in total. The smallest absolute Gasteiger partial charge is 0.152 e. The van der Waals surface area contributed by atoms with Gasteiger partial charge in [0.15, 0.2) is 9.84 Å². The summed E-state index contributed by atoms with van der Waals surface area (Å²) in [5.41, 5.74) is 1.99. The summed E-state index contributed by atoms with van der Waals surface area (Å²) in [4.78, 5) is 6.54. The molecule has 2 atom stereocenters. The van der Waals surface area contributed by atoms with Crippen molar-refractivity contribution in [2.24, 2.45) is 0 Å². The third-order valence-electron chi connectivity index (χ3n) is 4.08. The second kappa shape index (κ2) is 6.75. The fourth-order valence-corrected chi connectivity index (χ4v) is 4.39. The van der Waals surface area contributed by atoms with Gasteiger partial charge in [-0.05, 0) is 38.4 Å². The highest BCUT2D eigenvalue weighted by molar-refractivity contribution is 7.91. The molecule has 0 aliphatic carbocycles. The summed E-state index contributed by atoms with van der Waals surface area (Å²) in [7, 11) is -0.907. The number of nitrogens with zero attached hydrogens (tertiary/aromatic N) is 2. The zero-order valence-corrected chi connectivity index (χ0v) is 13.9. The maximum atomic E-state index is 11.6. The van der Waals surface area contributed by atoms with E-state index < -0.39 is 9.84 Å². The number of rotatable bonds is 6. The quantitative estimate of drug-likeness (QED) is 0.867. The predicted molar refractivity (Wildman–Crippen MR) is 86.4 cm³/mol. The summed E-state index contributed by atoms with van der Waals surface area (Å²) < 4.78 is 23.1. The van der Waals surface area contributed by atoms with Gasteiger partial charge in [-0.25, -0.2) is 8.42 Å². The fraction of sp³-hybridized carbons (Fsp3) is 0.667. The monoisotopic (exact) mass is 311 g/mol. The van der Waals surface area contributed by atoms with Crippen molar-refractivity contribution in [2.45, 2.75) is 38.8 Å². The first-order chi connectivity index (χ1) is 9.93. The molecule has 2 heterocycles. The van der Waals surface area contributed by atoms with Crippen LogP contribution in [-0.4, -0.2) is 44.5 Å². The molecule has 0 aromatic carbocycles. The maximum Gasteiger partial charge on any atom is 0.152 e. The summed E-state index contributed by atoms with van der Waals surface area (Å²) in [5, 5.41) is 3.41. The van der Waals surface area contributed by atoms with Crippen molar-refractivity contribution in [3.63, 3.8) is 0 Å². The van der Waals surface area contributed by atoms with Crippen LogP contribution in [-0.2, 0) is 9.84 Å². The van der Waals surface area contributed by atoms with Gasteiger partial charge in [0, 0.05) is 19.1 Å². The van der Waals surface area contributed by atoms with Gasteiger partial charge in [0.25, 0.3) is 0 Å². The first-order valence-corrected chi connectivity index (χ1v) is 9.37. The Kier molecular flexibility index (Phi) is 5.22. The molecule has 0 spiro atoms. The number of aromatic nitrogens is 1. The molecule has 0 bridgehead atoms. The van der Waals surface area contributed by atoms with E-state index in [4.69, 9.17) is 0 Å². The zero-order chi connectivity index (χ0) is 15.5. The van der Waals surface area contributed by atoms with Gasteiger partial charge >= 0.3 is 0 Å². The Morgan fingerprint density at radius 1 is 1.48 bits per heavy atom. The maximum absolute atomic E-state index is 11.6. The third-order valence-corrected chi connectivity index (χ3v) is 5.83.